The van der Waals surface area contributed by atoms with Crippen LogP contribution in [0.5, 0.6) is 0 Å². The van der Waals surface area contributed by atoms with Gasteiger partial charge in [0.2, 0.25) is 0 Å². The van der Waals surface area contributed by atoms with Crippen molar-refractivity contribution in [2.45, 2.75) is 33.2 Å². The van der Waals surface area contributed by atoms with E-state index in [1.807, 2.05) is 6.92 Å². The molecule has 1 aromatic heterocycles. The van der Waals surface area contributed by atoms with E-state index in [9.17, 15) is 4.53 Å². The number of halogens is 1. The van der Waals surface area contributed by atoms with Crippen molar-refractivity contribution < 1.29 is 9.47 Å². The minimum Gasteiger partial charge on any atom is -0.344 e. The van der Waals surface area contributed by atoms with Gasteiger partial charge in [0, 0.05) is 17.1 Å². The highest BCUT2D eigenvalue weighted by Gasteiger charge is 2.36. The summed E-state index contributed by atoms with van der Waals surface area (Å²) in [5.41, 5.74) is 0.780. The average molecular weight is 256 g/mol. The third-order valence-corrected chi connectivity index (χ3v) is 4.57. The van der Waals surface area contributed by atoms with Crippen LogP contribution >= 0.6 is 11.3 Å². The molecule has 1 aliphatic heterocycles. The first-order chi connectivity index (χ1) is 8.08. The summed E-state index contributed by atoms with van der Waals surface area (Å²) in [4.78, 5) is 11.1. The SMILES string of the molecule is C=C(OF)c1sc(N2C[C@@H](C)[C@H]2CC)nc1C. The van der Waals surface area contributed by atoms with Gasteiger partial charge in [-0.25, -0.2) is 4.98 Å². The molecule has 2 heterocycles. The average Bonchev–Trinajstić information content (AvgIpc) is 2.67. The van der Waals surface area contributed by atoms with E-state index in [4.69, 9.17) is 0 Å². The Hall–Kier alpha value is -1.10. The van der Waals surface area contributed by atoms with Gasteiger partial charge in [-0.15, -0.1) is 0 Å². The normalized spacial score (nSPS) is 23.4. The monoisotopic (exact) mass is 256 g/mol. The quantitative estimate of drug-likeness (QED) is 0.770. The highest BCUT2D eigenvalue weighted by Crippen LogP contribution is 2.38. The fourth-order valence-corrected chi connectivity index (χ4v) is 3.41. The van der Waals surface area contributed by atoms with Crippen LogP contribution in [0.1, 0.15) is 30.8 Å². The fourth-order valence-electron chi connectivity index (χ4n) is 2.38. The number of aryl methyl sites for hydroxylation is 1. The summed E-state index contributed by atoms with van der Waals surface area (Å²) in [5, 5.41) is 0.945. The molecule has 0 aromatic carbocycles. The molecule has 0 bridgehead atoms. The lowest BCUT2D eigenvalue weighted by molar-refractivity contribution is -0.0413. The topological polar surface area (TPSA) is 25.4 Å². The minimum atomic E-state index is 0.0490. The standard InChI is InChI=1S/C12H17FN2OS/c1-5-10-7(2)6-15(10)12-14-8(3)11(17-12)9(4)16-13/h7,10H,4-6H2,1-3H3/t7-,10-/m1/s1. The van der Waals surface area contributed by atoms with E-state index in [1.54, 1.807) is 0 Å². The van der Waals surface area contributed by atoms with Crippen molar-refractivity contribution in [3.63, 3.8) is 0 Å². The number of aromatic nitrogens is 1. The van der Waals surface area contributed by atoms with Crippen molar-refractivity contribution in [1.82, 2.24) is 4.98 Å². The summed E-state index contributed by atoms with van der Waals surface area (Å²) in [6, 6.07) is 0.549. The third-order valence-electron chi connectivity index (χ3n) is 3.34. The van der Waals surface area contributed by atoms with Crippen LogP contribution in [0.25, 0.3) is 5.76 Å². The summed E-state index contributed by atoms with van der Waals surface area (Å²) >= 11 is 1.45. The van der Waals surface area contributed by atoms with Crippen molar-refractivity contribution in [1.29, 1.82) is 0 Å². The Morgan fingerprint density at radius 2 is 2.41 bits per heavy atom. The van der Waals surface area contributed by atoms with E-state index in [2.05, 4.69) is 35.3 Å². The number of thiazole rings is 1. The van der Waals surface area contributed by atoms with Gasteiger partial charge in [-0.3, -0.25) is 4.94 Å². The molecule has 0 N–H and O–H groups in total. The van der Waals surface area contributed by atoms with Crippen molar-refractivity contribution in [2.24, 2.45) is 5.92 Å². The van der Waals surface area contributed by atoms with Crippen LogP contribution in [0.2, 0.25) is 0 Å². The van der Waals surface area contributed by atoms with Crippen LogP contribution in [0.15, 0.2) is 6.58 Å². The molecule has 94 valence electrons. The van der Waals surface area contributed by atoms with Gasteiger partial charge in [-0.2, -0.15) is 0 Å². The molecule has 0 aliphatic carbocycles. The van der Waals surface area contributed by atoms with E-state index in [0.29, 0.717) is 16.8 Å². The second-order valence-corrected chi connectivity index (χ2v) is 5.49. The molecule has 0 radical (unpaired) electrons. The second kappa shape index (κ2) is 4.64. The first kappa shape index (κ1) is 12.4. The Morgan fingerprint density at radius 3 is 2.94 bits per heavy atom. The van der Waals surface area contributed by atoms with E-state index in [0.717, 1.165) is 23.8 Å². The van der Waals surface area contributed by atoms with Gasteiger partial charge in [0.1, 0.15) is 0 Å². The first-order valence-electron chi connectivity index (χ1n) is 5.80. The highest BCUT2D eigenvalue weighted by atomic mass is 32.1. The molecule has 2 rings (SSSR count). The zero-order valence-corrected chi connectivity index (χ0v) is 11.2. The molecular formula is C12H17FN2OS. The number of nitrogens with zero attached hydrogens (tertiary/aromatic N) is 2. The lowest BCUT2D eigenvalue weighted by Gasteiger charge is -2.46. The Bertz CT molecular complexity index is 432. The molecule has 0 amide bonds. The van der Waals surface area contributed by atoms with Crippen molar-refractivity contribution in [2.75, 3.05) is 11.4 Å². The smallest absolute Gasteiger partial charge is 0.186 e. The Balaban J connectivity index is 2.21. The van der Waals surface area contributed by atoms with E-state index in [-0.39, 0.29) is 5.76 Å². The summed E-state index contributed by atoms with van der Waals surface area (Å²) in [6.45, 7) is 10.8. The maximum Gasteiger partial charge on any atom is 0.186 e. The summed E-state index contributed by atoms with van der Waals surface area (Å²) in [7, 11) is 0. The fraction of sp³-hybridized carbons (Fsp3) is 0.583. The summed E-state index contributed by atoms with van der Waals surface area (Å²) in [5.74, 6) is 0.751. The maximum absolute atomic E-state index is 12.1. The van der Waals surface area contributed by atoms with Gasteiger partial charge < -0.3 is 4.90 Å². The summed E-state index contributed by atoms with van der Waals surface area (Å²) in [6.07, 6.45) is 1.11. The molecule has 1 aromatic rings. The van der Waals surface area contributed by atoms with Crippen molar-refractivity contribution in [3.8, 4) is 0 Å². The van der Waals surface area contributed by atoms with Crippen LogP contribution in [-0.2, 0) is 4.94 Å². The molecule has 17 heavy (non-hydrogen) atoms. The third kappa shape index (κ3) is 2.04. The number of hydrogen-bond acceptors (Lipinski definition) is 4. The molecule has 5 heteroatoms. The van der Waals surface area contributed by atoms with Crippen LogP contribution in [-0.4, -0.2) is 17.6 Å². The van der Waals surface area contributed by atoms with Crippen LogP contribution in [0.3, 0.4) is 0 Å². The zero-order chi connectivity index (χ0) is 12.6. The second-order valence-electron chi connectivity index (χ2n) is 4.52. The predicted octanol–water partition coefficient (Wildman–Crippen LogP) is 3.56. The molecule has 0 unspecified atom stereocenters. The maximum atomic E-state index is 12.1. The first-order valence-corrected chi connectivity index (χ1v) is 6.62. The van der Waals surface area contributed by atoms with Gasteiger partial charge in [0.25, 0.3) is 0 Å². The van der Waals surface area contributed by atoms with E-state index in [1.165, 1.54) is 11.3 Å². The van der Waals surface area contributed by atoms with Crippen LogP contribution in [0, 0.1) is 12.8 Å². The Kier molecular flexibility index (Phi) is 3.38. The molecule has 0 spiro atoms. The van der Waals surface area contributed by atoms with Crippen molar-refractivity contribution >= 4 is 22.2 Å². The molecule has 1 fully saturated rings. The number of anilines is 1. The van der Waals surface area contributed by atoms with Gasteiger partial charge >= 0.3 is 0 Å². The van der Waals surface area contributed by atoms with Gasteiger partial charge in [-0.1, -0.05) is 31.8 Å². The van der Waals surface area contributed by atoms with Crippen molar-refractivity contribution in [3.05, 3.63) is 17.2 Å². The minimum absolute atomic E-state index is 0.0490. The van der Waals surface area contributed by atoms with Crippen LogP contribution < -0.4 is 4.90 Å². The van der Waals surface area contributed by atoms with E-state index >= 15 is 0 Å². The lowest BCUT2D eigenvalue weighted by Crippen LogP contribution is -2.54. The number of rotatable bonds is 4. The molecule has 2 atom stereocenters. The molecular weight excluding hydrogens is 239 g/mol. The predicted molar refractivity (Wildman–Crippen MR) is 68.7 cm³/mol. The largest absolute Gasteiger partial charge is 0.344 e. The van der Waals surface area contributed by atoms with Gasteiger partial charge in [-0.05, 0) is 19.3 Å². The zero-order valence-electron chi connectivity index (χ0n) is 10.4. The summed E-state index contributed by atoms with van der Waals surface area (Å²) < 4.78 is 12.1. The Morgan fingerprint density at radius 1 is 1.71 bits per heavy atom. The van der Waals surface area contributed by atoms with Gasteiger partial charge in [0.05, 0.1) is 10.6 Å². The highest BCUT2D eigenvalue weighted by molar-refractivity contribution is 7.16. The lowest BCUT2D eigenvalue weighted by atomic mass is 9.89. The number of hydrogen-bond donors (Lipinski definition) is 0. The molecule has 1 saturated heterocycles. The molecule has 0 saturated carbocycles. The van der Waals surface area contributed by atoms with E-state index < -0.39 is 0 Å². The molecule has 3 nitrogen and oxygen atoms in total. The molecule has 1 aliphatic rings. The van der Waals surface area contributed by atoms with Crippen LogP contribution in [0.4, 0.5) is 9.66 Å². The Labute approximate surface area is 105 Å². The van der Waals surface area contributed by atoms with Gasteiger partial charge in [0.15, 0.2) is 10.9 Å².